The van der Waals surface area contributed by atoms with Gasteiger partial charge in [0.25, 0.3) is 0 Å². The number of anilines is 1. The van der Waals surface area contributed by atoms with E-state index in [1.54, 1.807) is 0 Å². The van der Waals surface area contributed by atoms with E-state index in [0.29, 0.717) is 0 Å². The van der Waals surface area contributed by atoms with Crippen LogP contribution in [0.5, 0.6) is 0 Å². The SMILES string of the molecule is CCc1cccc(C)c1N1CCCNC1=O. The number of amides is 2. The van der Waals surface area contributed by atoms with Crippen LogP contribution >= 0.6 is 0 Å². The smallest absolute Gasteiger partial charge is 0.321 e. The van der Waals surface area contributed by atoms with Crippen LogP contribution in [0.2, 0.25) is 0 Å². The van der Waals surface area contributed by atoms with Crippen molar-refractivity contribution in [3.63, 3.8) is 0 Å². The number of hydrogen-bond donors (Lipinski definition) is 1. The summed E-state index contributed by atoms with van der Waals surface area (Å²) in [5.74, 6) is 0. The highest BCUT2D eigenvalue weighted by molar-refractivity contribution is 5.94. The van der Waals surface area contributed by atoms with E-state index in [1.165, 1.54) is 11.1 Å². The predicted octanol–water partition coefficient (Wildman–Crippen LogP) is 2.48. The Balaban J connectivity index is 2.41. The van der Waals surface area contributed by atoms with Crippen molar-refractivity contribution in [2.75, 3.05) is 18.0 Å². The molecule has 1 N–H and O–H groups in total. The molecule has 0 spiro atoms. The monoisotopic (exact) mass is 218 g/mol. The number of aryl methyl sites for hydroxylation is 2. The Bertz CT molecular complexity index is 401. The van der Waals surface area contributed by atoms with Crippen LogP contribution in [-0.2, 0) is 6.42 Å². The van der Waals surface area contributed by atoms with Gasteiger partial charge in [-0.15, -0.1) is 0 Å². The molecule has 0 radical (unpaired) electrons. The van der Waals surface area contributed by atoms with Gasteiger partial charge in [0, 0.05) is 13.1 Å². The summed E-state index contributed by atoms with van der Waals surface area (Å²) in [6, 6.07) is 6.26. The van der Waals surface area contributed by atoms with Crippen molar-refractivity contribution in [3.8, 4) is 0 Å². The van der Waals surface area contributed by atoms with Crippen molar-refractivity contribution in [2.24, 2.45) is 0 Å². The third-order valence-corrected chi connectivity index (χ3v) is 3.05. The molecule has 1 aliphatic rings. The largest absolute Gasteiger partial charge is 0.338 e. The number of urea groups is 1. The van der Waals surface area contributed by atoms with Gasteiger partial charge in [0.1, 0.15) is 0 Å². The Morgan fingerprint density at radius 2 is 2.25 bits per heavy atom. The second kappa shape index (κ2) is 4.56. The van der Waals surface area contributed by atoms with E-state index in [-0.39, 0.29) is 6.03 Å². The molecule has 1 aromatic carbocycles. The Kier molecular flexibility index (Phi) is 3.13. The molecule has 1 aromatic rings. The van der Waals surface area contributed by atoms with Gasteiger partial charge in [-0.2, -0.15) is 0 Å². The molecule has 86 valence electrons. The second-order valence-electron chi connectivity index (χ2n) is 4.17. The van der Waals surface area contributed by atoms with Gasteiger partial charge >= 0.3 is 6.03 Å². The molecule has 0 unspecified atom stereocenters. The van der Waals surface area contributed by atoms with Gasteiger partial charge in [0.2, 0.25) is 0 Å². The molecule has 1 heterocycles. The normalized spacial score (nSPS) is 16.1. The zero-order valence-corrected chi connectivity index (χ0v) is 9.92. The third-order valence-electron chi connectivity index (χ3n) is 3.05. The fourth-order valence-electron chi connectivity index (χ4n) is 2.23. The van der Waals surface area contributed by atoms with Crippen LogP contribution in [-0.4, -0.2) is 19.1 Å². The van der Waals surface area contributed by atoms with Crippen molar-refractivity contribution >= 4 is 11.7 Å². The molecule has 2 rings (SSSR count). The summed E-state index contributed by atoms with van der Waals surface area (Å²) in [6.45, 7) is 5.81. The Hall–Kier alpha value is -1.51. The molecular formula is C13H18N2O. The molecule has 3 nitrogen and oxygen atoms in total. The van der Waals surface area contributed by atoms with E-state index in [4.69, 9.17) is 0 Å². The van der Waals surface area contributed by atoms with Gasteiger partial charge < -0.3 is 5.32 Å². The van der Waals surface area contributed by atoms with E-state index in [1.807, 2.05) is 4.90 Å². The second-order valence-corrected chi connectivity index (χ2v) is 4.17. The first-order valence-electron chi connectivity index (χ1n) is 5.88. The van der Waals surface area contributed by atoms with E-state index < -0.39 is 0 Å². The zero-order chi connectivity index (χ0) is 11.5. The van der Waals surface area contributed by atoms with Crippen LogP contribution in [0.3, 0.4) is 0 Å². The summed E-state index contributed by atoms with van der Waals surface area (Å²) in [7, 11) is 0. The molecule has 0 aliphatic carbocycles. The molecule has 0 saturated carbocycles. The van der Waals surface area contributed by atoms with E-state index in [9.17, 15) is 4.79 Å². The lowest BCUT2D eigenvalue weighted by Crippen LogP contribution is -2.47. The predicted molar refractivity (Wildman–Crippen MR) is 65.9 cm³/mol. The number of benzene rings is 1. The van der Waals surface area contributed by atoms with Gasteiger partial charge in [-0.25, -0.2) is 4.79 Å². The average molecular weight is 218 g/mol. The lowest BCUT2D eigenvalue weighted by Gasteiger charge is -2.30. The summed E-state index contributed by atoms with van der Waals surface area (Å²) in [5, 5.41) is 2.90. The summed E-state index contributed by atoms with van der Waals surface area (Å²) in [6.07, 6.45) is 1.98. The van der Waals surface area contributed by atoms with Crippen molar-refractivity contribution in [2.45, 2.75) is 26.7 Å². The number of carbonyl (C=O) groups is 1. The molecule has 1 saturated heterocycles. The summed E-state index contributed by atoms with van der Waals surface area (Å²) in [5.41, 5.74) is 3.52. The number of rotatable bonds is 2. The Morgan fingerprint density at radius 3 is 2.94 bits per heavy atom. The summed E-state index contributed by atoms with van der Waals surface area (Å²) < 4.78 is 0. The minimum absolute atomic E-state index is 0.0373. The highest BCUT2D eigenvalue weighted by Gasteiger charge is 2.22. The standard InChI is InChI=1S/C13H18N2O/c1-3-11-7-4-6-10(2)12(11)15-9-5-8-14-13(15)16/h4,6-7H,3,5,8-9H2,1-2H3,(H,14,16). The minimum atomic E-state index is 0.0373. The number of hydrogen-bond acceptors (Lipinski definition) is 1. The number of para-hydroxylation sites is 1. The van der Waals surface area contributed by atoms with Crippen molar-refractivity contribution in [1.82, 2.24) is 5.32 Å². The van der Waals surface area contributed by atoms with Crippen LogP contribution < -0.4 is 10.2 Å². The van der Waals surface area contributed by atoms with Gasteiger partial charge in [-0.05, 0) is 30.9 Å². The number of nitrogens with zero attached hydrogens (tertiary/aromatic N) is 1. The van der Waals surface area contributed by atoms with Gasteiger partial charge in [-0.3, -0.25) is 4.90 Å². The first-order valence-corrected chi connectivity index (χ1v) is 5.88. The lowest BCUT2D eigenvalue weighted by molar-refractivity contribution is 0.243. The van der Waals surface area contributed by atoms with Crippen molar-refractivity contribution in [1.29, 1.82) is 0 Å². The lowest BCUT2D eigenvalue weighted by atomic mass is 10.0. The summed E-state index contributed by atoms with van der Waals surface area (Å²) in [4.78, 5) is 13.7. The average Bonchev–Trinajstić information content (AvgIpc) is 2.30. The molecule has 3 heteroatoms. The van der Waals surface area contributed by atoms with Gasteiger partial charge in [-0.1, -0.05) is 25.1 Å². The fourth-order valence-corrected chi connectivity index (χ4v) is 2.23. The Morgan fingerprint density at radius 1 is 1.44 bits per heavy atom. The van der Waals surface area contributed by atoms with Gasteiger partial charge in [0.15, 0.2) is 0 Å². The van der Waals surface area contributed by atoms with Crippen LogP contribution in [0.4, 0.5) is 10.5 Å². The molecule has 0 aromatic heterocycles. The minimum Gasteiger partial charge on any atom is -0.338 e. The Labute approximate surface area is 96.5 Å². The van der Waals surface area contributed by atoms with Crippen LogP contribution in [0, 0.1) is 6.92 Å². The van der Waals surface area contributed by atoms with Crippen LogP contribution in [0.25, 0.3) is 0 Å². The maximum Gasteiger partial charge on any atom is 0.321 e. The topological polar surface area (TPSA) is 32.3 Å². The molecule has 0 atom stereocenters. The molecule has 2 amide bonds. The fraction of sp³-hybridized carbons (Fsp3) is 0.462. The summed E-state index contributed by atoms with van der Waals surface area (Å²) >= 11 is 0. The highest BCUT2D eigenvalue weighted by atomic mass is 16.2. The van der Waals surface area contributed by atoms with Crippen molar-refractivity contribution < 1.29 is 4.79 Å². The third kappa shape index (κ3) is 1.90. The number of carbonyl (C=O) groups excluding carboxylic acids is 1. The van der Waals surface area contributed by atoms with Gasteiger partial charge in [0.05, 0.1) is 5.69 Å². The first kappa shape index (κ1) is 11.0. The highest BCUT2D eigenvalue weighted by Crippen LogP contribution is 2.26. The molecule has 0 bridgehead atoms. The molecule has 1 aliphatic heterocycles. The van der Waals surface area contributed by atoms with E-state index in [2.05, 4.69) is 37.4 Å². The van der Waals surface area contributed by atoms with Crippen LogP contribution in [0.15, 0.2) is 18.2 Å². The first-order chi connectivity index (χ1) is 7.74. The van der Waals surface area contributed by atoms with Crippen molar-refractivity contribution in [3.05, 3.63) is 29.3 Å². The maximum absolute atomic E-state index is 11.8. The number of nitrogens with one attached hydrogen (secondary N) is 1. The molecule has 1 fully saturated rings. The van der Waals surface area contributed by atoms with E-state index in [0.717, 1.165) is 31.6 Å². The molecular weight excluding hydrogens is 200 g/mol. The van der Waals surface area contributed by atoms with Crippen LogP contribution in [0.1, 0.15) is 24.5 Å². The van der Waals surface area contributed by atoms with E-state index >= 15 is 0 Å². The quantitative estimate of drug-likeness (QED) is 0.812. The maximum atomic E-state index is 11.8. The molecule has 16 heavy (non-hydrogen) atoms. The zero-order valence-electron chi connectivity index (χ0n) is 9.92.